The summed E-state index contributed by atoms with van der Waals surface area (Å²) in [5.41, 5.74) is 6.32. The van der Waals surface area contributed by atoms with Gasteiger partial charge in [-0.15, -0.1) is 0 Å². The zero-order chi connectivity index (χ0) is 24.4. The third-order valence-electron chi connectivity index (χ3n) is 6.26. The van der Waals surface area contributed by atoms with Crippen LogP contribution in [0.4, 0.5) is 5.82 Å². The predicted octanol–water partition coefficient (Wildman–Crippen LogP) is 4.07. The highest BCUT2D eigenvalue weighted by Gasteiger charge is 2.25. The number of methoxy groups -OCH3 is 2. The van der Waals surface area contributed by atoms with Crippen LogP contribution in [0.3, 0.4) is 0 Å². The van der Waals surface area contributed by atoms with Gasteiger partial charge in [0.15, 0.2) is 11.5 Å². The van der Waals surface area contributed by atoms with E-state index in [0.29, 0.717) is 17.1 Å². The number of rotatable bonds is 7. The first kappa shape index (κ1) is 23.5. The first-order chi connectivity index (χ1) is 16.4. The monoisotopic (exact) mass is 459 g/mol. The molecule has 3 aromatic carbocycles. The number of hydrogen-bond acceptors (Lipinski definition) is 5. The molecule has 4 aromatic rings. The van der Waals surface area contributed by atoms with Gasteiger partial charge in [-0.3, -0.25) is 4.90 Å². The van der Waals surface area contributed by atoms with Crippen LogP contribution in [-0.2, 0) is 20.3 Å². The van der Waals surface area contributed by atoms with Crippen molar-refractivity contribution in [2.24, 2.45) is 7.05 Å². The second-order valence-corrected chi connectivity index (χ2v) is 8.41. The van der Waals surface area contributed by atoms with Crippen LogP contribution in [0.2, 0.25) is 0 Å². The SMILES string of the molecule is COc1ccc(-c2cc3c(-c4ccccc4)c(CO)c(CO)cc3[n+](C)c2N(C)C)cc1OC. The maximum atomic E-state index is 10.3. The van der Waals surface area contributed by atoms with Crippen molar-refractivity contribution >= 4 is 16.7 Å². The Kier molecular flexibility index (Phi) is 6.72. The van der Waals surface area contributed by atoms with Gasteiger partial charge in [-0.05, 0) is 52.1 Å². The zero-order valence-corrected chi connectivity index (χ0v) is 20.3. The van der Waals surface area contributed by atoms with E-state index in [0.717, 1.165) is 44.5 Å². The summed E-state index contributed by atoms with van der Waals surface area (Å²) in [6, 6.07) is 20.0. The van der Waals surface area contributed by atoms with Gasteiger partial charge in [0.1, 0.15) is 5.52 Å². The summed E-state index contributed by atoms with van der Waals surface area (Å²) in [5.74, 6) is 2.32. The molecule has 0 unspecified atom stereocenters. The number of hydrogen-bond donors (Lipinski definition) is 2. The van der Waals surface area contributed by atoms with Gasteiger partial charge in [-0.1, -0.05) is 36.4 Å². The van der Waals surface area contributed by atoms with Crippen molar-refractivity contribution in [2.75, 3.05) is 33.2 Å². The Balaban J connectivity index is 2.16. The van der Waals surface area contributed by atoms with Crippen molar-refractivity contribution in [1.29, 1.82) is 0 Å². The number of aromatic nitrogens is 1. The fourth-order valence-corrected chi connectivity index (χ4v) is 4.72. The van der Waals surface area contributed by atoms with Crippen LogP contribution >= 0.6 is 0 Å². The molecule has 4 rings (SSSR count). The number of aryl methyl sites for hydroxylation is 1. The second kappa shape index (κ2) is 9.71. The van der Waals surface area contributed by atoms with Gasteiger partial charge in [-0.25, -0.2) is 4.57 Å². The second-order valence-electron chi connectivity index (χ2n) is 8.41. The lowest BCUT2D eigenvalue weighted by Gasteiger charge is -2.21. The smallest absolute Gasteiger partial charge is 0.284 e. The molecule has 0 aliphatic carbocycles. The lowest BCUT2D eigenvalue weighted by Crippen LogP contribution is -2.37. The number of anilines is 1. The van der Waals surface area contributed by atoms with Gasteiger partial charge < -0.3 is 19.7 Å². The van der Waals surface area contributed by atoms with Gasteiger partial charge in [0.2, 0.25) is 0 Å². The van der Waals surface area contributed by atoms with Gasteiger partial charge in [-0.2, -0.15) is 0 Å². The van der Waals surface area contributed by atoms with E-state index in [2.05, 4.69) is 15.5 Å². The van der Waals surface area contributed by atoms with E-state index < -0.39 is 0 Å². The number of aliphatic hydroxyl groups excluding tert-OH is 2. The van der Waals surface area contributed by atoms with Crippen LogP contribution in [0, 0.1) is 0 Å². The summed E-state index contributed by atoms with van der Waals surface area (Å²) >= 11 is 0. The van der Waals surface area contributed by atoms with Gasteiger partial charge in [0.25, 0.3) is 5.82 Å². The van der Waals surface area contributed by atoms with Crippen LogP contribution in [-0.4, -0.2) is 38.5 Å². The molecule has 6 nitrogen and oxygen atoms in total. The maximum Gasteiger partial charge on any atom is 0.284 e. The van der Waals surface area contributed by atoms with E-state index in [9.17, 15) is 10.2 Å². The molecule has 176 valence electrons. The molecule has 0 fully saturated rings. The van der Waals surface area contributed by atoms with E-state index in [4.69, 9.17) is 9.47 Å². The lowest BCUT2D eigenvalue weighted by atomic mass is 9.90. The highest BCUT2D eigenvalue weighted by molar-refractivity contribution is 5.99. The summed E-state index contributed by atoms with van der Waals surface area (Å²) in [5, 5.41) is 21.4. The number of aliphatic hydroxyl groups is 2. The number of ether oxygens (including phenoxy) is 2. The van der Waals surface area contributed by atoms with Crippen LogP contribution in [0.25, 0.3) is 33.2 Å². The maximum absolute atomic E-state index is 10.3. The quantitative estimate of drug-likeness (QED) is 0.408. The van der Waals surface area contributed by atoms with E-state index >= 15 is 0 Å². The van der Waals surface area contributed by atoms with E-state index in [1.807, 2.05) is 75.7 Å². The lowest BCUT2D eigenvalue weighted by molar-refractivity contribution is -0.631. The highest BCUT2D eigenvalue weighted by Crippen LogP contribution is 2.40. The van der Waals surface area contributed by atoms with Crippen molar-refractivity contribution in [3.63, 3.8) is 0 Å². The Morgan fingerprint density at radius 2 is 1.53 bits per heavy atom. The third kappa shape index (κ3) is 3.95. The van der Waals surface area contributed by atoms with Gasteiger partial charge >= 0.3 is 0 Å². The highest BCUT2D eigenvalue weighted by atomic mass is 16.5. The normalized spacial score (nSPS) is 11.0. The molecule has 0 amide bonds. The molecular formula is C28H31N2O4+. The van der Waals surface area contributed by atoms with Crippen molar-refractivity contribution in [3.8, 4) is 33.8 Å². The average molecular weight is 460 g/mol. The minimum Gasteiger partial charge on any atom is -0.493 e. The first-order valence-electron chi connectivity index (χ1n) is 11.1. The Hall–Kier alpha value is -3.61. The molecule has 6 heteroatoms. The van der Waals surface area contributed by atoms with Gasteiger partial charge in [0, 0.05) is 5.39 Å². The van der Waals surface area contributed by atoms with E-state index in [-0.39, 0.29) is 13.2 Å². The Labute approximate surface area is 200 Å². The van der Waals surface area contributed by atoms with Crippen molar-refractivity contribution < 1.29 is 24.3 Å². The molecule has 0 aliphatic heterocycles. The predicted molar refractivity (Wildman–Crippen MR) is 135 cm³/mol. The van der Waals surface area contributed by atoms with Gasteiger partial charge in [0.05, 0.1) is 54.1 Å². The standard InChI is InChI=1S/C28H31N2O4/c1-29(2)28-21(19-11-12-25(33-4)26(14-19)34-5)15-22-24(30(28)3)13-20(16-31)23(17-32)27(22)18-9-7-6-8-10-18/h6-15,31-32H,16-17H2,1-5H3/q+1. The minimum atomic E-state index is -0.166. The molecule has 0 spiro atoms. The van der Waals surface area contributed by atoms with Crippen LogP contribution < -0.4 is 18.9 Å². The summed E-state index contributed by atoms with van der Waals surface area (Å²) in [6.07, 6.45) is 0. The molecule has 2 N–H and O–H groups in total. The van der Waals surface area contributed by atoms with Crippen molar-refractivity contribution in [2.45, 2.75) is 13.2 Å². The van der Waals surface area contributed by atoms with Crippen LogP contribution in [0.15, 0.2) is 60.7 Å². The Morgan fingerprint density at radius 3 is 2.12 bits per heavy atom. The third-order valence-corrected chi connectivity index (χ3v) is 6.26. The molecule has 34 heavy (non-hydrogen) atoms. The molecule has 0 bridgehead atoms. The molecule has 0 saturated carbocycles. The number of benzene rings is 3. The molecular weight excluding hydrogens is 428 g/mol. The first-order valence-corrected chi connectivity index (χ1v) is 11.1. The topological polar surface area (TPSA) is 66.0 Å². The van der Waals surface area contributed by atoms with Crippen LogP contribution in [0.1, 0.15) is 11.1 Å². The van der Waals surface area contributed by atoms with Crippen molar-refractivity contribution in [1.82, 2.24) is 0 Å². The fourth-order valence-electron chi connectivity index (χ4n) is 4.72. The van der Waals surface area contributed by atoms with Crippen molar-refractivity contribution in [3.05, 3.63) is 71.8 Å². The van der Waals surface area contributed by atoms with E-state index in [1.54, 1.807) is 14.2 Å². The molecule has 0 atom stereocenters. The summed E-state index contributed by atoms with van der Waals surface area (Å²) in [4.78, 5) is 2.08. The number of pyridine rings is 1. The summed E-state index contributed by atoms with van der Waals surface area (Å²) < 4.78 is 13.1. The largest absolute Gasteiger partial charge is 0.493 e. The number of nitrogens with zero attached hydrogens (tertiary/aromatic N) is 2. The molecule has 0 aliphatic rings. The molecule has 1 aromatic heterocycles. The minimum absolute atomic E-state index is 0.152. The average Bonchev–Trinajstić information content (AvgIpc) is 2.87. The molecule has 0 saturated heterocycles. The molecule has 0 radical (unpaired) electrons. The summed E-state index contributed by atoms with van der Waals surface area (Å²) in [6.45, 7) is -0.318. The Bertz CT molecular complexity index is 1330. The molecule has 1 heterocycles. The van der Waals surface area contributed by atoms with E-state index in [1.165, 1.54) is 0 Å². The zero-order valence-electron chi connectivity index (χ0n) is 20.3. The Morgan fingerprint density at radius 1 is 0.824 bits per heavy atom. The van der Waals surface area contributed by atoms with Crippen LogP contribution in [0.5, 0.6) is 11.5 Å². The number of fused-ring (bicyclic) bond motifs is 1. The summed E-state index contributed by atoms with van der Waals surface area (Å²) in [7, 11) is 9.31. The fraction of sp³-hybridized carbons (Fsp3) is 0.250.